The van der Waals surface area contributed by atoms with Gasteiger partial charge in [-0.2, -0.15) is 0 Å². The maximum atomic E-state index is 6.34. The van der Waals surface area contributed by atoms with Crippen LogP contribution >= 0.6 is 11.6 Å². The third-order valence-electron chi connectivity index (χ3n) is 3.62. The molecule has 0 heterocycles. The Labute approximate surface area is 107 Å². The molecule has 3 N–H and O–H groups in total. The largest absolute Gasteiger partial charge is 0.495 e. The van der Waals surface area contributed by atoms with E-state index in [0.29, 0.717) is 10.8 Å². The Morgan fingerprint density at radius 3 is 2.71 bits per heavy atom. The van der Waals surface area contributed by atoms with Crippen molar-refractivity contribution in [2.24, 2.45) is 11.1 Å². The number of benzene rings is 1. The highest BCUT2D eigenvalue weighted by atomic mass is 35.5. The van der Waals surface area contributed by atoms with Crippen molar-refractivity contribution < 1.29 is 4.74 Å². The minimum absolute atomic E-state index is 0.0401. The maximum Gasteiger partial charge on any atom is 0.137 e. The number of hydrogen-bond acceptors (Lipinski definition) is 3. The summed E-state index contributed by atoms with van der Waals surface area (Å²) in [5, 5.41) is 3.85. The zero-order valence-electron chi connectivity index (χ0n) is 10.3. The zero-order chi connectivity index (χ0) is 12.5. The average Bonchev–Trinajstić information content (AvgIpc) is 3.09. The number of hydrogen-bond donors (Lipinski definition) is 2. The molecule has 1 saturated carbocycles. The van der Waals surface area contributed by atoms with Crippen molar-refractivity contribution in [2.75, 3.05) is 20.7 Å². The van der Waals surface area contributed by atoms with Gasteiger partial charge in [-0.05, 0) is 37.6 Å². The Morgan fingerprint density at radius 1 is 1.53 bits per heavy atom. The van der Waals surface area contributed by atoms with Crippen LogP contribution in [0.1, 0.15) is 24.4 Å². The van der Waals surface area contributed by atoms with E-state index in [-0.39, 0.29) is 11.5 Å². The number of nitrogens with one attached hydrogen (secondary N) is 1. The Kier molecular flexibility index (Phi) is 3.61. The summed E-state index contributed by atoms with van der Waals surface area (Å²) in [6.45, 7) is 0.956. The van der Waals surface area contributed by atoms with Crippen molar-refractivity contribution in [2.45, 2.75) is 18.9 Å². The van der Waals surface area contributed by atoms with E-state index in [4.69, 9.17) is 22.1 Å². The smallest absolute Gasteiger partial charge is 0.137 e. The molecular formula is C13H19ClN2O. The van der Waals surface area contributed by atoms with Gasteiger partial charge in [0.05, 0.1) is 12.1 Å². The molecule has 1 aliphatic rings. The zero-order valence-corrected chi connectivity index (χ0v) is 11.1. The molecule has 17 heavy (non-hydrogen) atoms. The van der Waals surface area contributed by atoms with Crippen LogP contribution in [0.3, 0.4) is 0 Å². The fraction of sp³-hybridized carbons (Fsp3) is 0.538. The Morgan fingerprint density at radius 2 is 2.24 bits per heavy atom. The van der Waals surface area contributed by atoms with Crippen LogP contribution in [0.4, 0.5) is 0 Å². The molecule has 3 nitrogen and oxygen atoms in total. The van der Waals surface area contributed by atoms with E-state index in [9.17, 15) is 0 Å². The molecule has 0 saturated heterocycles. The monoisotopic (exact) mass is 254 g/mol. The number of methoxy groups -OCH3 is 1. The van der Waals surface area contributed by atoms with Gasteiger partial charge in [0, 0.05) is 18.0 Å². The first kappa shape index (κ1) is 12.7. The number of halogens is 1. The molecule has 4 heteroatoms. The van der Waals surface area contributed by atoms with Gasteiger partial charge in [0.25, 0.3) is 0 Å². The Hall–Kier alpha value is -0.770. The van der Waals surface area contributed by atoms with Crippen LogP contribution < -0.4 is 15.8 Å². The molecule has 1 aromatic rings. The fourth-order valence-corrected chi connectivity index (χ4v) is 2.61. The van der Waals surface area contributed by atoms with E-state index in [1.54, 1.807) is 7.11 Å². The van der Waals surface area contributed by atoms with E-state index >= 15 is 0 Å². The van der Waals surface area contributed by atoms with Crippen molar-refractivity contribution in [1.82, 2.24) is 5.32 Å². The Balaban J connectivity index is 2.20. The maximum absolute atomic E-state index is 6.34. The predicted molar refractivity (Wildman–Crippen MR) is 70.5 cm³/mol. The summed E-state index contributed by atoms with van der Waals surface area (Å²) >= 11 is 6.12. The van der Waals surface area contributed by atoms with Crippen molar-refractivity contribution >= 4 is 11.6 Å². The van der Waals surface area contributed by atoms with Gasteiger partial charge in [-0.3, -0.25) is 0 Å². The quantitative estimate of drug-likeness (QED) is 0.848. The van der Waals surface area contributed by atoms with E-state index in [0.717, 1.165) is 12.1 Å². The molecule has 0 amide bonds. The molecule has 1 unspecified atom stereocenters. The van der Waals surface area contributed by atoms with Crippen molar-refractivity contribution in [3.8, 4) is 5.75 Å². The van der Waals surface area contributed by atoms with Gasteiger partial charge in [-0.15, -0.1) is 0 Å². The molecule has 0 spiro atoms. The van der Waals surface area contributed by atoms with Gasteiger partial charge >= 0.3 is 0 Å². The molecule has 1 atom stereocenters. The lowest BCUT2D eigenvalue weighted by molar-refractivity contribution is 0.390. The van der Waals surface area contributed by atoms with Crippen molar-refractivity contribution in [3.63, 3.8) is 0 Å². The topological polar surface area (TPSA) is 47.3 Å². The molecule has 0 radical (unpaired) electrons. The van der Waals surface area contributed by atoms with Crippen molar-refractivity contribution in [1.29, 1.82) is 0 Å². The normalized spacial score (nSPS) is 18.8. The lowest BCUT2D eigenvalue weighted by atomic mass is 9.90. The highest BCUT2D eigenvalue weighted by molar-refractivity contribution is 6.32. The summed E-state index contributed by atoms with van der Waals surface area (Å²) < 4.78 is 5.14. The van der Waals surface area contributed by atoms with Gasteiger partial charge < -0.3 is 15.8 Å². The summed E-state index contributed by atoms with van der Waals surface area (Å²) in [5.74, 6) is 0.695. The summed E-state index contributed by atoms with van der Waals surface area (Å²) in [6.07, 6.45) is 2.36. The second-order valence-electron chi connectivity index (χ2n) is 4.76. The summed E-state index contributed by atoms with van der Waals surface area (Å²) in [5.41, 5.74) is 7.64. The number of rotatable bonds is 5. The standard InChI is InChI=1S/C13H19ClN2O/c1-16-8-13(5-6-13)12(15)9-3-4-11(17-2)10(14)7-9/h3-4,7,12,16H,5-6,8,15H2,1-2H3. The van der Waals surface area contributed by atoms with E-state index < -0.39 is 0 Å². The molecular weight excluding hydrogens is 236 g/mol. The number of nitrogens with two attached hydrogens (primary N) is 1. The highest BCUT2D eigenvalue weighted by Crippen LogP contribution is 2.53. The molecule has 1 aromatic carbocycles. The lowest BCUT2D eigenvalue weighted by Crippen LogP contribution is -2.31. The molecule has 0 aliphatic heterocycles. The Bertz CT molecular complexity index is 404. The van der Waals surface area contributed by atoms with Crippen LogP contribution in [-0.4, -0.2) is 20.7 Å². The van der Waals surface area contributed by atoms with E-state index in [1.807, 2.05) is 25.2 Å². The van der Waals surface area contributed by atoms with Gasteiger partial charge in [0.15, 0.2) is 0 Å². The van der Waals surface area contributed by atoms with Gasteiger partial charge in [-0.1, -0.05) is 17.7 Å². The van der Waals surface area contributed by atoms with Crippen LogP contribution in [0, 0.1) is 5.41 Å². The molecule has 1 fully saturated rings. The number of ether oxygens (including phenoxy) is 1. The molecule has 0 bridgehead atoms. The molecule has 0 aromatic heterocycles. The van der Waals surface area contributed by atoms with Gasteiger partial charge in [0.2, 0.25) is 0 Å². The fourth-order valence-electron chi connectivity index (χ4n) is 2.34. The molecule has 94 valence electrons. The third kappa shape index (κ3) is 2.41. The van der Waals surface area contributed by atoms with Gasteiger partial charge in [-0.25, -0.2) is 0 Å². The highest BCUT2D eigenvalue weighted by Gasteiger charge is 2.47. The second-order valence-corrected chi connectivity index (χ2v) is 5.17. The summed E-state index contributed by atoms with van der Waals surface area (Å²) in [7, 11) is 3.58. The third-order valence-corrected chi connectivity index (χ3v) is 3.91. The lowest BCUT2D eigenvalue weighted by Gasteiger charge is -2.24. The van der Waals surface area contributed by atoms with Crippen molar-refractivity contribution in [3.05, 3.63) is 28.8 Å². The van der Waals surface area contributed by atoms with Gasteiger partial charge in [0.1, 0.15) is 5.75 Å². The molecule has 1 aliphatic carbocycles. The first-order valence-corrected chi connectivity index (χ1v) is 6.24. The van der Waals surface area contributed by atoms with Crippen LogP contribution in [0.15, 0.2) is 18.2 Å². The average molecular weight is 255 g/mol. The SMILES string of the molecule is CNCC1(C(N)c2ccc(OC)c(Cl)c2)CC1. The van der Waals surface area contributed by atoms with Crippen LogP contribution in [0.25, 0.3) is 0 Å². The van der Waals surface area contributed by atoms with Crippen LogP contribution in [0.2, 0.25) is 5.02 Å². The minimum atomic E-state index is 0.0401. The molecule has 2 rings (SSSR count). The summed E-state index contributed by atoms with van der Waals surface area (Å²) in [6, 6.07) is 5.84. The van der Waals surface area contributed by atoms with E-state index in [1.165, 1.54) is 12.8 Å². The van der Waals surface area contributed by atoms with Crippen LogP contribution in [0.5, 0.6) is 5.75 Å². The first-order valence-electron chi connectivity index (χ1n) is 5.86. The van der Waals surface area contributed by atoms with Crippen LogP contribution in [-0.2, 0) is 0 Å². The predicted octanol–water partition coefficient (Wildman–Crippen LogP) is 2.35. The minimum Gasteiger partial charge on any atom is -0.495 e. The second kappa shape index (κ2) is 4.84. The first-order chi connectivity index (χ1) is 8.13. The van der Waals surface area contributed by atoms with E-state index in [2.05, 4.69) is 5.32 Å². The summed E-state index contributed by atoms with van der Waals surface area (Å²) in [4.78, 5) is 0.